The molecule has 1 fully saturated rings. The van der Waals surface area contributed by atoms with Gasteiger partial charge in [-0.25, -0.2) is 0 Å². The first-order valence-electron chi connectivity index (χ1n) is 9.22. The van der Waals surface area contributed by atoms with E-state index in [0.717, 1.165) is 90.1 Å². The van der Waals surface area contributed by atoms with Crippen LogP contribution in [0.5, 0.6) is 0 Å². The van der Waals surface area contributed by atoms with Gasteiger partial charge in [0.05, 0.1) is 19.5 Å². The highest BCUT2D eigenvalue weighted by atomic mass is 127. The number of hydrogen-bond donors (Lipinski definition) is 2. The number of halogens is 1. The number of hydrogen-bond acceptors (Lipinski definition) is 5. The van der Waals surface area contributed by atoms with E-state index in [-0.39, 0.29) is 24.0 Å². The van der Waals surface area contributed by atoms with Crippen LogP contribution in [0.1, 0.15) is 18.6 Å². The first kappa shape index (κ1) is 23.2. The minimum absolute atomic E-state index is 0. The van der Waals surface area contributed by atoms with Gasteiger partial charge in [-0.15, -0.1) is 24.0 Å². The maximum absolute atomic E-state index is 5.38. The van der Waals surface area contributed by atoms with Crippen molar-refractivity contribution >= 4 is 29.9 Å². The van der Waals surface area contributed by atoms with Gasteiger partial charge in [-0.05, 0) is 25.0 Å². The molecule has 150 valence electrons. The van der Waals surface area contributed by atoms with Gasteiger partial charge in [0.15, 0.2) is 5.96 Å². The zero-order valence-corrected chi connectivity index (χ0v) is 18.1. The molecule has 8 heteroatoms. The van der Waals surface area contributed by atoms with E-state index < -0.39 is 0 Å². The molecule has 2 N–H and O–H groups in total. The van der Waals surface area contributed by atoms with Crippen molar-refractivity contribution in [3.05, 3.63) is 24.2 Å². The van der Waals surface area contributed by atoms with Gasteiger partial charge >= 0.3 is 0 Å². The maximum Gasteiger partial charge on any atom is 0.191 e. The normalized spacial score (nSPS) is 15.5. The van der Waals surface area contributed by atoms with Crippen LogP contribution in [0.2, 0.25) is 0 Å². The quantitative estimate of drug-likeness (QED) is 0.218. The third-order valence-electron chi connectivity index (χ3n) is 4.09. The van der Waals surface area contributed by atoms with Crippen molar-refractivity contribution in [3.63, 3.8) is 0 Å². The summed E-state index contributed by atoms with van der Waals surface area (Å²) < 4.78 is 15.8. The largest absolute Gasteiger partial charge is 0.469 e. The Bertz CT molecular complexity index is 465. The molecular formula is C18H33IN4O3. The number of ether oxygens (including phenoxy) is 2. The molecule has 1 aliphatic rings. The number of nitrogens with zero attached hydrogens (tertiary/aromatic N) is 2. The van der Waals surface area contributed by atoms with Crippen LogP contribution in [0.15, 0.2) is 27.8 Å². The number of nitrogens with one attached hydrogen (secondary N) is 2. The first-order chi connectivity index (χ1) is 12.4. The van der Waals surface area contributed by atoms with Gasteiger partial charge in [-0.2, -0.15) is 0 Å². The summed E-state index contributed by atoms with van der Waals surface area (Å²) in [6.07, 6.45) is 4.62. The van der Waals surface area contributed by atoms with Crippen molar-refractivity contribution in [2.75, 3.05) is 66.2 Å². The van der Waals surface area contributed by atoms with Crippen molar-refractivity contribution in [1.82, 2.24) is 15.5 Å². The lowest BCUT2D eigenvalue weighted by Gasteiger charge is -2.26. The van der Waals surface area contributed by atoms with Crippen molar-refractivity contribution < 1.29 is 13.9 Å². The summed E-state index contributed by atoms with van der Waals surface area (Å²) in [6.45, 7) is 7.97. The molecular weight excluding hydrogens is 447 g/mol. The van der Waals surface area contributed by atoms with E-state index in [1.54, 1.807) is 13.4 Å². The number of rotatable bonds is 11. The smallest absolute Gasteiger partial charge is 0.191 e. The molecule has 0 aromatic carbocycles. The van der Waals surface area contributed by atoms with Crippen molar-refractivity contribution in [3.8, 4) is 0 Å². The van der Waals surface area contributed by atoms with Crippen LogP contribution in [0.3, 0.4) is 0 Å². The fraction of sp³-hybridized carbons (Fsp3) is 0.722. The summed E-state index contributed by atoms with van der Waals surface area (Å²) in [6, 6.07) is 3.91. The zero-order chi connectivity index (χ0) is 17.6. The van der Waals surface area contributed by atoms with Crippen LogP contribution in [-0.4, -0.2) is 77.1 Å². The van der Waals surface area contributed by atoms with E-state index in [2.05, 4.69) is 20.5 Å². The number of unbranched alkanes of at least 4 members (excludes halogenated alkanes) is 1. The number of morpholine rings is 1. The van der Waals surface area contributed by atoms with Crippen LogP contribution < -0.4 is 10.6 Å². The zero-order valence-electron chi connectivity index (χ0n) is 15.7. The van der Waals surface area contributed by atoms with E-state index in [9.17, 15) is 0 Å². The molecule has 1 aromatic heterocycles. The SMILES string of the molecule is COCCCCN=C(NCCc1ccco1)NCCN1CCOCC1.I. The lowest BCUT2D eigenvalue weighted by atomic mass is 10.3. The summed E-state index contributed by atoms with van der Waals surface area (Å²) in [7, 11) is 1.73. The number of methoxy groups -OCH3 is 1. The molecule has 26 heavy (non-hydrogen) atoms. The topological polar surface area (TPSA) is 71.3 Å². The van der Waals surface area contributed by atoms with E-state index in [4.69, 9.17) is 13.9 Å². The Hall–Kier alpha value is -0.840. The lowest BCUT2D eigenvalue weighted by Crippen LogP contribution is -2.44. The fourth-order valence-electron chi connectivity index (χ4n) is 2.64. The Labute approximate surface area is 173 Å². The van der Waals surface area contributed by atoms with E-state index in [1.165, 1.54) is 0 Å². The van der Waals surface area contributed by atoms with Crippen LogP contribution in [0, 0.1) is 0 Å². The third kappa shape index (κ3) is 10.3. The number of aliphatic imine (C=N–C) groups is 1. The van der Waals surface area contributed by atoms with Gasteiger partial charge in [0.25, 0.3) is 0 Å². The van der Waals surface area contributed by atoms with Crippen LogP contribution in [-0.2, 0) is 15.9 Å². The predicted molar refractivity (Wildman–Crippen MR) is 115 cm³/mol. The number of furan rings is 1. The van der Waals surface area contributed by atoms with Crippen LogP contribution in [0.4, 0.5) is 0 Å². The van der Waals surface area contributed by atoms with Gasteiger partial charge in [0.1, 0.15) is 5.76 Å². The molecule has 1 aromatic rings. The molecule has 2 rings (SSSR count). The van der Waals surface area contributed by atoms with Crippen molar-refractivity contribution in [1.29, 1.82) is 0 Å². The minimum atomic E-state index is 0. The minimum Gasteiger partial charge on any atom is -0.469 e. The van der Waals surface area contributed by atoms with Gasteiger partial charge in [-0.1, -0.05) is 0 Å². The van der Waals surface area contributed by atoms with Crippen LogP contribution >= 0.6 is 24.0 Å². The fourth-order valence-corrected chi connectivity index (χ4v) is 2.64. The molecule has 0 radical (unpaired) electrons. The molecule has 1 aliphatic heterocycles. The van der Waals surface area contributed by atoms with E-state index in [1.807, 2.05) is 12.1 Å². The molecule has 0 saturated carbocycles. The Kier molecular flexibility index (Phi) is 13.6. The average Bonchev–Trinajstić information content (AvgIpc) is 3.15. The van der Waals surface area contributed by atoms with E-state index in [0.29, 0.717) is 0 Å². The van der Waals surface area contributed by atoms with E-state index >= 15 is 0 Å². The summed E-state index contributed by atoms with van der Waals surface area (Å²) in [5, 5.41) is 6.82. The highest BCUT2D eigenvalue weighted by Gasteiger charge is 2.09. The molecule has 7 nitrogen and oxygen atoms in total. The first-order valence-corrected chi connectivity index (χ1v) is 9.22. The van der Waals surface area contributed by atoms with Gasteiger partial charge < -0.3 is 24.5 Å². The maximum atomic E-state index is 5.38. The van der Waals surface area contributed by atoms with Gasteiger partial charge in [-0.3, -0.25) is 9.89 Å². The molecule has 0 unspecified atom stereocenters. The van der Waals surface area contributed by atoms with Gasteiger partial charge in [0.2, 0.25) is 0 Å². The summed E-state index contributed by atoms with van der Waals surface area (Å²) in [5.41, 5.74) is 0. The molecule has 0 atom stereocenters. The summed E-state index contributed by atoms with van der Waals surface area (Å²) in [4.78, 5) is 7.07. The molecule has 0 spiro atoms. The second kappa shape index (κ2) is 15.2. The number of guanidine groups is 1. The predicted octanol–water partition coefficient (Wildman–Crippen LogP) is 1.73. The summed E-state index contributed by atoms with van der Waals surface area (Å²) in [5.74, 6) is 1.86. The Morgan fingerprint density at radius 1 is 1.23 bits per heavy atom. The molecule has 2 heterocycles. The standard InChI is InChI=1S/C18H32N4O3.HI/c1-23-13-3-2-7-19-18(20-8-6-17-5-4-14-25-17)21-9-10-22-11-15-24-16-12-22;/h4-5,14H,2-3,6-13,15-16H2,1H3,(H2,19,20,21);1H. The Morgan fingerprint density at radius 3 is 2.77 bits per heavy atom. The third-order valence-corrected chi connectivity index (χ3v) is 4.09. The average molecular weight is 480 g/mol. The summed E-state index contributed by atoms with van der Waals surface area (Å²) >= 11 is 0. The van der Waals surface area contributed by atoms with Crippen molar-refractivity contribution in [2.24, 2.45) is 4.99 Å². The monoisotopic (exact) mass is 480 g/mol. The highest BCUT2D eigenvalue weighted by molar-refractivity contribution is 14.0. The van der Waals surface area contributed by atoms with Crippen molar-refractivity contribution in [2.45, 2.75) is 19.3 Å². The molecule has 0 amide bonds. The highest BCUT2D eigenvalue weighted by Crippen LogP contribution is 1.99. The molecule has 0 aliphatic carbocycles. The molecule has 1 saturated heterocycles. The second-order valence-corrected chi connectivity index (χ2v) is 6.07. The molecule has 0 bridgehead atoms. The van der Waals surface area contributed by atoms with Gasteiger partial charge in [0, 0.05) is 59.4 Å². The Morgan fingerprint density at radius 2 is 2.04 bits per heavy atom. The Balaban J connectivity index is 0.00000338. The lowest BCUT2D eigenvalue weighted by molar-refractivity contribution is 0.0389. The van der Waals surface area contributed by atoms with Crippen LogP contribution in [0.25, 0.3) is 0 Å². The second-order valence-electron chi connectivity index (χ2n) is 6.07.